The number of nitrogens with two attached hydrogens (primary N) is 2. The molecule has 0 bridgehead atoms. The zero-order chi connectivity index (χ0) is 16.1. The lowest BCUT2D eigenvalue weighted by Crippen LogP contribution is -2.28. The number of hydrogen-bond donors (Lipinski definition) is 2. The molecule has 0 spiro atoms. The number of nitrogens with zero attached hydrogens (tertiary/aromatic N) is 3. The predicted molar refractivity (Wildman–Crippen MR) is 82.3 cm³/mol. The number of aromatic nitrogens is 2. The molecule has 0 unspecified atom stereocenters. The molecule has 0 fully saturated rings. The minimum atomic E-state index is -0.392. The highest BCUT2D eigenvalue weighted by molar-refractivity contribution is 5.51. The Kier molecular flexibility index (Phi) is 4.90. The van der Waals surface area contributed by atoms with Crippen molar-refractivity contribution in [2.75, 3.05) is 11.6 Å². The van der Waals surface area contributed by atoms with Crippen LogP contribution in [0.4, 0.5) is 10.1 Å². The molecule has 1 aromatic heterocycles. The molecule has 0 radical (unpaired) electrons. The Morgan fingerprint density at radius 2 is 2.00 bits per heavy atom. The van der Waals surface area contributed by atoms with Gasteiger partial charge in [-0.2, -0.15) is 0 Å². The Morgan fingerprint density at radius 1 is 1.32 bits per heavy atom. The summed E-state index contributed by atoms with van der Waals surface area (Å²) in [4.78, 5) is 7.98. The van der Waals surface area contributed by atoms with E-state index in [1.54, 1.807) is 37.5 Å². The van der Waals surface area contributed by atoms with Gasteiger partial charge in [-0.15, -0.1) is 0 Å². The van der Waals surface area contributed by atoms with Gasteiger partial charge in [0.25, 0.3) is 0 Å². The summed E-state index contributed by atoms with van der Waals surface area (Å²) in [6, 6.07) is 5.16. The van der Waals surface area contributed by atoms with Gasteiger partial charge < -0.3 is 10.5 Å². The van der Waals surface area contributed by atoms with Crippen LogP contribution in [0.1, 0.15) is 11.1 Å². The van der Waals surface area contributed by atoms with E-state index in [1.165, 1.54) is 6.20 Å². The van der Waals surface area contributed by atoms with Gasteiger partial charge in [0, 0.05) is 18.6 Å². The van der Waals surface area contributed by atoms with Gasteiger partial charge in [-0.1, -0.05) is 12.1 Å². The van der Waals surface area contributed by atoms with Crippen LogP contribution in [-0.2, 0) is 0 Å². The van der Waals surface area contributed by atoms with Crippen molar-refractivity contribution in [1.82, 2.24) is 9.97 Å². The maximum atomic E-state index is 13.9. The Bertz CT molecular complexity index is 672. The van der Waals surface area contributed by atoms with E-state index < -0.39 is 5.82 Å². The van der Waals surface area contributed by atoms with Crippen molar-refractivity contribution in [1.29, 1.82) is 0 Å². The third-order valence-electron chi connectivity index (χ3n) is 2.88. The lowest BCUT2D eigenvalue weighted by Gasteiger charge is -2.16. The van der Waals surface area contributed by atoms with Crippen LogP contribution >= 0.6 is 0 Å². The van der Waals surface area contributed by atoms with E-state index in [0.29, 0.717) is 11.3 Å². The molecule has 6 nitrogen and oxygen atoms in total. The molecule has 22 heavy (non-hydrogen) atoms. The summed E-state index contributed by atoms with van der Waals surface area (Å²) in [5.41, 5.74) is 7.79. The molecule has 1 aromatic carbocycles. The fraction of sp³-hybridized carbons (Fsp3) is 0.200. The minimum absolute atomic E-state index is 0.0458. The number of benzene rings is 1. The average Bonchev–Trinajstić information content (AvgIpc) is 2.49. The molecule has 0 saturated heterocycles. The average molecular weight is 303 g/mol. The smallest absolute Gasteiger partial charge is 0.316 e. The van der Waals surface area contributed by atoms with Crippen LogP contribution in [0.3, 0.4) is 0 Å². The van der Waals surface area contributed by atoms with Gasteiger partial charge in [0.05, 0.1) is 11.4 Å². The highest BCUT2D eigenvalue weighted by Crippen LogP contribution is 2.20. The third kappa shape index (κ3) is 3.92. The number of hydrazine groups is 1. The first-order valence-corrected chi connectivity index (χ1v) is 6.64. The van der Waals surface area contributed by atoms with Crippen molar-refractivity contribution in [2.24, 2.45) is 11.6 Å². The van der Waals surface area contributed by atoms with E-state index in [-0.39, 0.29) is 18.3 Å². The zero-order valence-corrected chi connectivity index (χ0v) is 12.5. The molecule has 0 aliphatic rings. The van der Waals surface area contributed by atoms with E-state index in [4.69, 9.17) is 16.3 Å². The molecular formula is C15H18FN5O. The summed E-state index contributed by atoms with van der Waals surface area (Å²) in [7, 11) is 0. The summed E-state index contributed by atoms with van der Waals surface area (Å²) in [5.74, 6) is 5.41. The second-order valence-electron chi connectivity index (χ2n) is 4.85. The largest absolute Gasteiger partial charge is 0.457 e. The SMILES string of the molecule is Cc1cnc(OC/C(N)=C/N(N)c2cccc(C)c2F)nc1. The molecule has 0 amide bonds. The zero-order valence-electron chi connectivity index (χ0n) is 12.5. The molecule has 0 aliphatic heterocycles. The number of aryl methyl sites for hydroxylation is 2. The van der Waals surface area contributed by atoms with Crippen molar-refractivity contribution in [2.45, 2.75) is 13.8 Å². The van der Waals surface area contributed by atoms with Crippen LogP contribution in [0.15, 0.2) is 42.5 Å². The molecule has 1 heterocycles. The summed E-state index contributed by atoms with van der Waals surface area (Å²) in [5, 5.41) is 1.12. The van der Waals surface area contributed by atoms with Gasteiger partial charge in [-0.05, 0) is 31.0 Å². The van der Waals surface area contributed by atoms with Crippen LogP contribution in [-0.4, -0.2) is 16.6 Å². The second kappa shape index (κ2) is 6.86. The lowest BCUT2D eigenvalue weighted by atomic mass is 10.2. The normalized spacial score (nSPS) is 11.4. The molecule has 2 rings (SSSR count). The first kappa shape index (κ1) is 15.7. The maximum absolute atomic E-state index is 13.9. The minimum Gasteiger partial charge on any atom is -0.457 e. The quantitative estimate of drug-likeness (QED) is 0.646. The van der Waals surface area contributed by atoms with Crippen LogP contribution in [0.5, 0.6) is 6.01 Å². The number of rotatable bonds is 5. The lowest BCUT2D eigenvalue weighted by molar-refractivity contribution is 0.321. The van der Waals surface area contributed by atoms with Crippen LogP contribution < -0.4 is 21.3 Å². The number of ether oxygens (including phenoxy) is 1. The first-order valence-electron chi connectivity index (χ1n) is 6.64. The first-order chi connectivity index (χ1) is 10.5. The molecule has 0 aliphatic carbocycles. The molecule has 0 saturated carbocycles. The highest BCUT2D eigenvalue weighted by Gasteiger charge is 2.09. The Balaban J connectivity index is 2.02. The third-order valence-corrected chi connectivity index (χ3v) is 2.88. The van der Waals surface area contributed by atoms with Crippen molar-refractivity contribution in [3.05, 3.63) is 59.4 Å². The van der Waals surface area contributed by atoms with Crippen LogP contribution in [0.25, 0.3) is 0 Å². The monoisotopic (exact) mass is 303 g/mol. The van der Waals surface area contributed by atoms with Crippen molar-refractivity contribution in [3.63, 3.8) is 0 Å². The fourth-order valence-corrected chi connectivity index (χ4v) is 1.72. The van der Waals surface area contributed by atoms with Crippen LogP contribution in [0.2, 0.25) is 0 Å². The van der Waals surface area contributed by atoms with Crippen LogP contribution in [0, 0.1) is 19.7 Å². The Morgan fingerprint density at radius 3 is 2.68 bits per heavy atom. The van der Waals surface area contributed by atoms with E-state index in [9.17, 15) is 4.39 Å². The van der Waals surface area contributed by atoms with Crippen molar-refractivity contribution >= 4 is 5.69 Å². The summed E-state index contributed by atoms with van der Waals surface area (Å²) in [6.45, 7) is 3.59. The molecule has 0 atom stereocenters. The Hall–Kier alpha value is -2.67. The van der Waals surface area contributed by atoms with Crippen molar-refractivity contribution in [3.8, 4) is 6.01 Å². The van der Waals surface area contributed by atoms with Gasteiger partial charge in [0.1, 0.15) is 6.61 Å². The maximum Gasteiger partial charge on any atom is 0.316 e. The van der Waals surface area contributed by atoms with Gasteiger partial charge in [-0.25, -0.2) is 20.2 Å². The fourth-order valence-electron chi connectivity index (χ4n) is 1.72. The van der Waals surface area contributed by atoms with E-state index in [0.717, 1.165) is 10.6 Å². The number of halogens is 1. The van der Waals surface area contributed by atoms with Gasteiger partial charge in [0.2, 0.25) is 0 Å². The summed E-state index contributed by atoms with van der Waals surface area (Å²) >= 11 is 0. The number of anilines is 1. The van der Waals surface area contributed by atoms with Crippen molar-refractivity contribution < 1.29 is 9.13 Å². The standard InChI is InChI=1S/C15H18FN5O/c1-10-6-19-15(20-7-10)22-9-12(17)8-21(18)13-5-3-4-11(2)14(13)16/h3-8H,9,17-18H2,1-2H3/b12-8-. The van der Waals surface area contributed by atoms with E-state index in [1.807, 2.05) is 6.92 Å². The summed E-state index contributed by atoms with van der Waals surface area (Å²) < 4.78 is 19.3. The van der Waals surface area contributed by atoms with Gasteiger partial charge in [0.15, 0.2) is 5.82 Å². The van der Waals surface area contributed by atoms with E-state index in [2.05, 4.69) is 9.97 Å². The number of hydrogen-bond acceptors (Lipinski definition) is 6. The highest BCUT2D eigenvalue weighted by atomic mass is 19.1. The topological polar surface area (TPSA) is 90.3 Å². The predicted octanol–water partition coefficient (Wildman–Crippen LogP) is 1.79. The van der Waals surface area contributed by atoms with E-state index >= 15 is 0 Å². The molecule has 116 valence electrons. The summed E-state index contributed by atoms with van der Waals surface area (Å²) in [6.07, 6.45) is 4.67. The molecule has 2 aromatic rings. The molecular weight excluding hydrogens is 285 g/mol. The second-order valence-corrected chi connectivity index (χ2v) is 4.85. The van der Waals surface area contributed by atoms with Gasteiger partial charge >= 0.3 is 6.01 Å². The molecule has 4 N–H and O–H groups in total. The van der Waals surface area contributed by atoms with Gasteiger partial charge in [-0.3, -0.25) is 5.01 Å². The molecule has 7 heteroatoms. The Labute approximate surface area is 128 Å².